The molecular weight excluding hydrogens is 290 g/mol. The first-order valence-electron chi connectivity index (χ1n) is 6.96. The lowest BCUT2D eigenvalue weighted by Crippen LogP contribution is -2.23. The van der Waals surface area contributed by atoms with E-state index in [1.165, 1.54) is 24.3 Å². The molecule has 7 heteroatoms. The molecule has 1 unspecified atom stereocenters. The third kappa shape index (κ3) is 3.82. The van der Waals surface area contributed by atoms with Gasteiger partial charge < -0.3 is 14.2 Å². The van der Waals surface area contributed by atoms with Crippen LogP contribution in [0.25, 0.3) is 0 Å². The molecule has 0 N–H and O–H groups in total. The van der Waals surface area contributed by atoms with Crippen molar-refractivity contribution in [2.24, 2.45) is 0 Å². The van der Waals surface area contributed by atoms with E-state index in [1.54, 1.807) is 6.92 Å². The number of benzene rings is 1. The molecule has 0 saturated carbocycles. The van der Waals surface area contributed by atoms with Crippen molar-refractivity contribution in [1.82, 2.24) is 0 Å². The number of ether oxygens (including phenoxy) is 3. The third-order valence-electron chi connectivity index (χ3n) is 3.19. The zero-order valence-corrected chi connectivity index (χ0v) is 12.4. The van der Waals surface area contributed by atoms with Crippen molar-refractivity contribution in [3.05, 3.63) is 51.5 Å². The Balaban J connectivity index is 2.02. The van der Waals surface area contributed by atoms with Gasteiger partial charge in [-0.25, -0.2) is 4.79 Å². The van der Waals surface area contributed by atoms with Crippen LogP contribution < -0.4 is 0 Å². The summed E-state index contributed by atoms with van der Waals surface area (Å²) in [5, 5.41) is 10.6. The monoisotopic (exact) mass is 307 g/mol. The maximum absolute atomic E-state index is 12.0. The number of carbonyl (C=O) groups is 1. The van der Waals surface area contributed by atoms with Gasteiger partial charge in [-0.15, -0.1) is 0 Å². The molecule has 2 rings (SSSR count). The van der Waals surface area contributed by atoms with Crippen LogP contribution in [-0.2, 0) is 14.2 Å². The molecular formula is C15H17NO6. The van der Waals surface area contributed by atoms with E-state index in [4.69, 9.17) is 14.2 Å². The van der Waals surface area contributed by atoms with Gasteiger partial charge in [-0.3, -0.25) is 10.1 Å². The zero-order valence-electron chi connectivity index (χ0n) is 12.4. The molecule has 7 nitrogen and oxygen atoms in total. The minimum atomic E-state index is -0.567. The Hall–Kier alpha value is -2.41. The molecule has 1 aliphatic rings. The van der Waals surface area contributed by atoms with E-state index in [2.05, 4.69) is 0 Å². The number of nitrogens with zero attached hydrogens (tertiary/aromatic N) is 1. The van der Waals surface area contributed by atoms with Gasteiger partial charge >= 0.3 is 5.97 Å². The summed E-state index contributed by atoms with van der Waals surface area (Å²) in [6.07, 6.45) is 0.829. The van der Waals surface area contributed by atoms with Crippen molar-refractivity contribution >= 4 is 11.7 Å². The van der Waals surface area contributed by atoms with Crippen LogP contribution in [0, 0.1) is 10.1 Å². The zero-order chi connectivity index (χ0) is 16.1. The number of hydrogen-bond acceptors (Lipinski definition) is 6. The van der Waals surface area contributed by atoms with Gasteiger partial charge in [0.2, 0.25) is 0 Å². The first-order chi connectivity index (χ1) is 10.5. The van der Waals surface area contributed by atoms with E-state index in [9.17, 15) is 14.9 Å². The molecule has 1 aromatic rings. The molecule has 0 saturated heterocycles. The fourth-order valence-corrected chi connectivity index (χ4v) is 2.06. The minimum Gasteiger partial charge on any atom is -0.466 e. The average molecular weight is 307 g/mol. The number of allylic oxidation sites excluding steroid dienone is 2. The summed E-state index contributed by atoms with van der Waals surface area (Å²) in [7, 11) is 0. The highest BCUT2D eigenvalue weighted by Gasteiger charge is 2.23. The number of nitro benzene ring substituents is 1. The molecule has 0 bridgehead atoms. The van der Waals surface area contributed by atoms with Gasteiger partial charge in [-0.2, -0.15) is 0 Å². The van der Waals surface area contributed by atoms with Crippen LogP contribution in [0.3, 0.4) is 0 Å². The van der Waals surface area contributed by atoms with Gasteiger partial charge in [-0.1, -0.05) is 0 Å². The summed E-state index contributed by atoms with van der Waals surface area (Å²) in [5.74, 6) is 0.405. The Kier molecular flexibility index (Phi) is 5.11. The van der Waals surface area contributed by atoms with Gasteiger partial charge in [0, 0.05) is 31.6 Å². The van der Waals surface area contributed by atoms with Crippen molar-refractivity contribution in [3.63, 3.8) is 0 Å². The predicted octanol–water partition coefficient (Wildman–Crippen LogP) is 3.16. The highest BCUT2D eigenvalue weighted by Crippen LogP contribution is 2.26. The molecule has 0 aromatic heterocycles. The molecule has 118 valence electrons. The maximum atomic E-state index is 12.0. The highest BCUT2D eigenvalue weighted by molar-refractivity contribution is 5.90. The van der Waals surface area contributed by atoms with Crippen LogP contribution in [0.5, 0.6) is 0 Å². The number of hydrogen-bond donors (Lipinski definition) is 0. The van der Waals surface area contributed by atoms with E-state index in [-0.39, 0.29) is 17.5 Å². The Bertz CT molecular complexity index is 593. The Morgan fingerprint density at radius 2 is 2.09 bits per heavy atom. The summed E-state index contributed by atoms with van der Waals surface area (Å²) < 4.78 is 16.2. The van der Waals surface area contributed by atoms with Crippen LogP contribution in [0.2, 0.25) is 0 Å². The molecule has 1 heterocycles. The van der Waals surface area contributed by atoms with Crippen molar-refractivity contribution in [1.29, 1.82) is 0 Å². The highest BCUT2D eigenvalue weighted by atomic mass is 16.7. The van der Waals surface area contributed by atoms with Gasteiger partial charge in [0.25, 0.3) is 5.69 Å². The first kappa shape index (κ1) is 16.0. The second kappa shape index (κ2) is 7.04. The fourth-order valence-electron chi connectivity index (χ4n) is 2.06. The molecule has 0 amide bonds. The summed E-state index contributed by atoms with van der Waals surface area (Å²) >= 11 is 0. The van der Waals surface area contributed by atoms with Crippen LogP contribution in [0.15, 0.2) is 35.8 Å². The van der Waals surface area contributed by atoms with Gasteiger partial charge in [0.1, 0.15) is 11.5 Å². The second-order valence-corrected chi connectivity index (χ2v) is 4.71. The minimum absolute atomic E-state index is 0.0764. The maximum Gasteiger partial charge on any atom is 0.343 e. The Labute approximate surface area is 127 Å². The van der Waals surface area contributed by atoms with Gasteiger partial charge in [0.15, 0.2) is 6.29 Å². The fraction of sp³-hybridized carbons (Fsp3) is 0.400. The van der Waals surface area contributed by atoms with Gasteiger partial charge in [-0.05, 0) is 26.0 Å². The lowest BCUT2D eigenvalue weighted by atomic mass is 10.2. The lowest BCUT2D eigenvalue weighted by molar-refractivity contribution is -0.384. The topological polar surface area (TPSA) is 87.9 Å². The molecule has 0 spiro atoms. The van der Waals surface area contributed by atoms with E-state index in [1.807, 2.05) is 6.92 Å². The molecule has 1 aromatic carbocycles. The van der Waals surface area contributed by atoms with E-state index < -0.39 is 10.9 Å². The number of rotatable bonds is 5. The van der Waals surface area contributed by atoms with Crippen molar-refractivity contribution < 1.29 is 23.9 Å². The molecule has 1 atom stereocenters. The second-order valence-electron chi connectivity index (χ2n) is 4.71. The van der Waals surface area contributed by atoms with E-state index in [0.29, 0.717) is 31.0 Å². The number of carbonyl (C=O) groups excluding carboxylic acids is 1. The van der Waals surface area contributed by atoms with Crippen LogP contribution in [0.1, 0.15) is 37.0 Å². The van der Waals surface area contributed by atoms with Crippen LogP contribution >= 0.6 is 0 Å². The van der Waals surface area contributed by atoms with Crippen LogP contribution in [-0.4, -0.2) is 23.8 Å². The number of esters is 1. The summed E-state index contributed by atoms with van der Waals surface area (Å²) in [6, 6.07) is 5.26. The summed E-state index contributed by atoms with van der Waals surface area (Å²) in [4.78, 5) is 22.1. The largest absolute Gasteiger partial charge is 0.466 e. The molecule has 1 aliphatic heterocycles. The summed E-state index contributed by atoms with van der Waals surface area (Å²) in [6.45, 7) is 4.14. The number of non-ortho nitro benzene ring substituents is 1. The quantitative estimate of drug-likeness (QED) is 0.471. The lowest BCUT2D eigenvalue weighted by Gasteiger charge is -2.25. The predicted molar refractivity (Wildman–Crippen MR) is 76.9 cm³/mol. The van der Waals surface area contributed by atoms with E-state index in [0.717, 1.165) is 0 Å². The van der Waals surface area contributed by atoms with Crippen molar-refractivity contribution in [2.75, 3.05) is 6.61 Å². The SMILES string of the molecule is CCOC1CCC(OC(=O)c2ccc([N+](=O)[O-])cc2)=C(C)O1. The molecule has 22 heavy (non-hydrogen) atoms. The van der Waals surface area contributed by atoms with Gasteiger partial charge in [0.05, 0.1) is 10.5 Å². The third-order valence-corrected chi connectivity index (χ3v) is 3.19. The first-order valence-corrected chi connectivity index (χ1v) is 6.96. The Morgan fingerprint density at radius 3 is 2.64 bits per heavy atom. The van der Waals surface area contributed by atoms with Crippen molar-refractivity contribution in [3.8, 4) is 0 Å². The molecule has 0 aliphatic carbocycles. The molecule has 0 fully saturated rings. The smallest absolute Gasteiger partial charge is 0.343 e. The Morgan fingerprint density at radius 1 is 1.41 bits per heavy atom. The molecule has 0 radical (unpaired) electrons. The summed E-state index contributed by atoms with van der Waals surface area (Å²) in [5.41, 5.74) is 0.172. The van der Waals surface area contributed by atoms with Crippen LogP contribution in [0.4, 0.5) is 5.69 Å². The normalized spacial score (nSPS) is 17.8. The van der Waals surface area contributed by atoms with E-state index >= 15 is 0 Å². The standard InChI is InChI=1S/C15H17NO6/c1-3-20-14-9-8-13(10(2)21-14)22-15(17)11-4-6-12(7-5-11)16(18)19/h4-7,14H,3,8-9H2,1-2H3. The average Bonchev–Trinajstić information content (AvgIpc) is 2.50. The number of nitro groups is 1. The van der Waals surface area contributed by atoms with Crippen molar-refractivity contribution in [2.45, 2.75) is 33.0 Å².